The molecule has 0 aromatic heterocycles. The van der Waals surface area contributed by atoms with E-state index in [2.05, 4.69) is 10.8 Å². The lowest BCUT2D eigenvalue weighted by Gasteiger charge is -2.06. The van der Waals surface area contributed by atoms with E-state index in [0.29, 0.717) is 12.2 Å². The van der Waals surface area contributed by atoms with E-state index in [4.69, 9.17) is 9.94 Å². The Hall–Kier alpha value is -2.41. The van der Waals surface area contributed by atoms with Crippen LogP contribution in [0.4, 0.5) is 0 Å². The number of hydroxylamine groups is 1. The zero-order valence-electron chi connectivity index (χ0n) is 11.0. The number of hydrogen-bond acceptors (Lipinski definition) is 4. The van der Waals surface area contributed by atoms with Crippen LogP contribution in [0.3, 0.4) is 0 Å². The first-order chi connectivity index (χ1) is 9.54. The number of aromatic carboxylic acids is 1. The molecule has 0 aliphatic heterocycles. The zero-order valence-corrected chi connectivity index (χ0v) is 11.0. The molecular formula is C13H16N2O5. The minimum absolute atomic E-state index is 0.0962. The van der Waals surface area contributed by atoms with E-state index in [-0.39, 0.29) is 30.3 Å². The highest BCUT2D eigenvalue weighted by atomic mass is 16.6. The Kier molecular flexibility index (Phi) is 6.18. The van der Waals surface area contributed by atoms with E-state index in [1.54, 1.807) is 6.92 Å². The van der Waals surface area contributed by atoms with Crippen LogP contribution in [0.25, 0.3) is 0 Å². The SMILES string of the molecule is CCONC(=O)CCNC(=O)c1ccc(C(=O)O)cc1. The third-order valence-electron chi connectivity index (χ3n) is 2.36. The monoisotopic (exact) mass is 280 g/mol. The summed E-state index contributed by atoms with van der Waals surface area (Å²) in [5, 5.41) is 11.3. The quantitative estimate of drug-likeness (QED) is 0.633. The average molecular weight is 280 g/mol. The van der Waals surface area contributed by atoms with E-state index in [1.165, 1.54) is 24.3 Å². The molecule has 3 N–H and O–H groups in total. The first-order valence-electron chi connectivity index (χ1n) is 6.06. The van der Waals surface area contributed by atoms with Crippen LogP contribution in [0.5, 0.6) is 0 Å². The van der Waals surface area contributed by atoms with Gasteiger partial charge in [0.25, 0.3) is 5.91 Å². The fourth-order valence-electron chi connectivity index (χ4n) is 1.36. The van der Waals surface area contributed by atoms with Crippen molar-refractivity contribution in [3.8, 4) is 0 Å². The molecule has 7 nitrogen and oxygen atoms in total. The molecule has 1 rings (SSSR count). The molecule has 1 aromatic carbocycles. The van der Waals surface area contributed by atoms with Crippen molar-refractivity contribution in [3.63, 3.8) is 0 Å². The van der Waals surface area contributed by atoms with Crippen molar-refractivity contribution in [2.24, 2.45) is 0 Å². The van der Waals surface area contributed by atoms with Gasteiger partial charge in [0, 0.05) is 18.5 Å². The Morgan fingerprint density at radius 1 is 1.15 bits per heavy atom. The second kappa shape index (κ2) is 7.90. The summed E-state index contributed by atoms with van der Waals surface area (Å²) in [6.07, 6.45) is 0.0962. The molecule has 0 unspecified atom stereocenters. The van der Waals surface area contributed by atoms with Gasteiger partial charge < -0.3 is 10.4 Å². The highest BCUT2D eigenvalue weighted by Gasteiger charge is 2.08. The summed E-state index contributed by atoms with van der Waals surface area (Å²) in [4.78, 5) is 38.3. The molecular weight excluding hydrogens is 264 g/mol. The number of benzene rings is 1. The second-order valence-electron chi connectivity index (χ2n) is 3.85. The van der Waals surface area contributed by atoms with E-state index < -0.39 is 5.97 Å². The lowest BCUT2D eigenvalue weighted by Crippen LogP contribution is -2.30. The Balaban J connectivity index is 2.39. The van der Waals surface area contributed by atoms with Gasteiger partial charge in [-0.1, -0.05) is 0 Å². The molecule has 0 saturated heterocycles. The largest absolute Gasteiger partial charge is 0.478 e. The maximum absolute atomic E-state index is 11.7. The van der Waals surface area contributed by atoms with Gasteiger partial charge in [-0.25, -0.2) is 10.3 Å². The fraction of sp³-hybridized carbons (Fsp3) is 0.308. The summed E-state index contributed by atoms with van der Waals surface area (Å²) in [6.45, 7) is 2.27. The minimum atomic E-state index is -1.05. The van der Waals surface area contributed by atoms with Crippen LogP contribution in [0.15, 0.2) is 24.3 Å². The average Bonchev–Trinajstić information content (AvgIpc) is 2.45. The number of carboxylic acids is 1. The van der Waals surface area contributed by atoms with Gasteiger partial charge in [-0.2, -0.15) is 0 Å². The molecule has 0 spiro atoms. The Bertz CT molecular complexity index is 484. The van der Waals surface area contributed by atoms with Gasteiger partial charge in [-0.05, 0) is 31.2 Å². The summed E-state index contributed by atoms with van der Waals surface area (Å²) >= 11 is 0. The van der Waals surface area contributed by atoms with Gasteiger partial charge in [0.15, 0.2) is 0 Å². The first kappa shape index (κ1) is 15.6. The van der Waals surface area contributed by atoms with Crippen molar-refractivity contribution >= 4 is 17.8 Å². The van der Waals surface area contributed by atoms with Gasteiger partial charge in [-0.3, -0.25) is 14.4 Å². The van der Waals surface area contributed by atoms with E-state index in [1.807, 2.05) is 0 Å². The van der Waals surface area contributed by atoms with Gasteiger partial charge >= 0.3 is 5.97 Å². The van der Waals surface area contributed by atoms with E-state index >= 15 is 0 Å². The lowest BCUT2D eigenvalue weighted by atomic mass is 10.1. The molecule has 0 bridgehead atoms. The van der Waals surface area contributed by atoms with Gasteiger partial charge in [0.1, 0.15) is 0 Å². The van der Waals surface area contributed by atoms with Crippen LogP contribution < -0.4 is 10.8 Å². The third kappa shape index (κ3) is 5.07. The summed E-state index contributed by atoms with van der Waals surface area (Å²) in [7, 11) is 0. The van der Waals surface area contributed by atoms with Crippen molar-refractivity contribution < 1.29 is 24.3 Å². The van der Waals surface area contributed by atoms with Gasteiger partial charge in [0.2, 0.25) is 5.91 Å². The Morgan fingerprint density at radius 2 is 1.75 bits per heavy atom. The minimum Gasteiger partial charge on any atom is -0.478 e. The predicted molar refractivity (Wildman–Crippen MR) is 70.1 cm³/mol. The number of nitrogens with one attached hydrogen (secondary N) is 2. The van der Waals surface area contributed by atoms with Gasteiger partial charge in [-0.15, -0.1) is 0 Å². The number of amides is 2. The number of rotatable bonds is 7. The molecule has 0 heterocycles. The van der Waals surface area contributed by atoms with Crippen molar-refractivity contribution in [2.45, 2.75) is 13.3 Å². The van der Waals surface area contributed by atoms with Crippen LogP contribution in [0.2, 0.25) is 0 Å². The number of carboxylic acid groups (broad SMARTS) is 1. The third-order valence-corrected chi connectivity index (χ3v) is 2.36. The Labute approximate surface area is 115 Å². The summed E-state index contributed by atoms with van der Waals surface area (Å²) in [5.74, 6) is -1.75. The summed E-state index contributed by atoms with van der Waals surface area (Å²) in [6, 6.07) is 5.52. The highest BCUT2D eigenvalue weighted by Crippen LogP contribution is 2.04. The zero-order chi connectivity index (χ0) is 15.0. The van der Waals surface area contributed by atoms with Gasteiger partial charge in [0.05, 0.1) is 12.2 Å². The second-order valence-corrected chi connectivity index (χ2v) is 3.85. The molecule has 0 fully saturated rings. The molecule has 0 saturated carbocycles. The van der Waals surface area contributed by atoms with Crippen LogP contribution in [0.1, 0.15) is 34.1 Å². The molecule has 0 atom stereocenters. The number of carbonyl (C=O) groups excluding carboxylic acids is 2. The molecule has 1 aromatic rings. The smallest absolute Gasteiger partial charge is 0.335 e. The number of hydrogen-bond donors (Lipinski definition) is 3. The first-order valence-corrected chi connectivity index (χ1v) is 6.06. The van der Waals surface area contributed by atoms with Crippen molar-refractivity contribution in [2.75, 3.05) is 13.2 Å². The lowest BCUT2D eigenvalue weighted by molar-refractivity contribution is -0.133. The molecule has 0 aliphatic carbocycles. The van der Waals surface area contributed by atoms with Crippen LogP contribution >= 0.6 is 0 Å². The fourth-order valence-corrected chi connectivity index (χ4v) is 1.36. The molecule has 7 heteroatoms. The highest BCUT2D eigenvalue weighted by molar-refractivity contribution is 5.96. The molecule has 108 valence electrons. The van der Waals surface area contributed by atoms with Crippen molar-refractivity contribution in [3.05, 3.63) is 35.4 Å². The van der Waals surface area contributed by atoms with E-state index in [0.717, 1.165) is 0 Å². The van der Waals surface area contributed by atoms with E-state index in [9.17, 15) is 14.4 Å². The topological polar surface area (TPSA) is 105 Å². The predicted octanol–water partition coefficient (Wildman–Crippen LogP) is 0.572. The molecule has 20 heavy (non-hydrogen) atoms. The van der Waals surface area contributed by atoms with Crippen LogP contribution in [-0.2, 0) is 9.63 Å². The summed E-state index contributed by atoms with van der Waals surface area (Å²) < 4.78 is 0. The molecule has 0 aliphatic rings. The maximum Gasteiger partial charge on any atom is 0.335 e. The van der Waals surface area contributed by atoms with Crippen molar-refractivity contribution in [1.29, 1.82) is 0 Å². The standard InChI is InChI=1S/C13H16N2O5/c1-2-20-15-11(16)7-8-14-12(17)9-3-5-10(6-4-9)13(18)19/h3-6H,2,7-8H2,1H3,(H,14,17)(H,15,16)(H,18,19). The van der Waals surface area contributed by atoms with Crippen LogP contribution in [0, 0.1) is 0 Å². The normalized spacial score (nSPS) is 9.85. The molecule has 2 amide bonds. The molecule has 0 radical (unpaired) electrons. The summed E-state index contributed by atoms with van der Waals surface area (Å²) in [5.41, 5.74) is 2.65. The van der Waals surface area contributed by atoms with Crippen LogP contribution in [-0.4, -0.2) is 36.0 Å². The maximum atomic E-state index is 11.7. The Morgan fingerprint density at radius 3 is 2.30 bits per heavy atom. The number of carbonyl (C=O) groups is 3. The van der Waals surface area contributed by atoms with Crippen molar-refractivity contribution in [1.82, 2.24) is 10.8 Å².